The van der Waals surface area contributed by atoms with E-state index < -0.39 is 23.6 Å². The van der Waals surface area contributed by atoms with E-state index in [-0.39, 0.29) is 6.61 Å². The number of esters is 1. The van der Waals surface area contributed by atoms with Crippen LogP contribution in [-0.4, -0.2) is 24.3 Å². The minimum absolute atomic E-state index is 0.126. The second-order valence-corrected chi connectivity index (χ2v) is 3.65. The van der Waals surface area contributed by atoms with Crippen LogP contribution in [0.2, 0.25) is 0 Å². The van der Waals surface area contributed by atoms with E-state index in [9.17, 15) is 14.4 Å². The molecule has 0 aliphatic rings. The summed E-state index contributed by atoms with van der Waals surface area (Å²) in [6.07, 6.45) is 0. The molecule has 96 valence electrons. The lowest BCUT2D eigenvalue weighted by Crippen LogP contribution is -2.36. The van der Waals surface area contributed by atoms with E-state index in [0.29, 0.717) is 5.69 Å². The van der Waals surface area contributed by atoms with Crippen LogP contribution in [0.1, 0.15) is 13.8 Å². The average molecular weight is 249 g/mol. The van der Waals surface area contributed by atoms with Gasteiger partial charge < -0.3 is 10.1 Å². The predicted molar refractivity (Wildman–Crippen MR) is 65.9 cm³/mol. The molecule has 5 nitrogen and oxygen atoms in total. The Kier molecular flexibility index (Phi) is 5.05. The first-order valence-electron chi connectivity index (χ1n) is 5.59. The van der Waals surface area contributed by atoms with Crippen LogP contribution in [-0.2, 0) is 19.1 Å². The summed E-state index contributed by atoms with van der Waals surface area (Å²) in [5.41, 5.74) is 0.526. The fourth-order valence-corrected chi connectivity index (χ4v) is 1.42. The van der Waals surface area contributed by atoms with Crippen LogP contribution in [0.3, 0.4) is 0 Å². The predicted octanol–water partition coefficient (Wildman–Crippen LogP) is 1.39. The maximum Gasteiger partial charge on any atom is 0.326 e. The van der Waals surface area contributed by atoms with Crippen molar-refractivity contribution >= 4 is 23.3 Å². The Morgan fingerprint density at radius 1 is 1.22 bits per heavy atom. The zero-order chi connectivity index (χ0) is 13.5. The monoisotopic (exact) mass is 249 g/mol. The lowest BCUT2D eigenvalue weighted by molar-refractivity contribution is -0.153. The highest BCUT2D eigenvalue weighted by Gasteiger charge is 2.32. The van der Waals surface area contributed by atoms with Gasteiger partial charge in [0.2, 0.25) is 5.91 Å². The summed E-state index contributed by atoms with van der Waals surface area (Å²) in [6, 6.07) is 8.61. The highest BCUT2D eigenvalue weighted by atomic mass is 16.5. The minimum atomic E-state index is -1.41. The van der Waals surface area contributed by atoms with Gasteiger partial charge in [-0.15, -0.1) is 0 Å². The number of carbonyl (C=O) groups is 3. The van der Waals surface area contributed by atoms with Crippen LogP contribution < -0.4 is 5.32 Å². The van der Waals surface area contributed by atoms with Crippen molar-refractivity contribution in [1.82, 2.24) is 0 Å². The first kappa shape index (κ1) is 13.9. The first-order valence-corrected chi connectivity index (χ1v) is 5.59. The number of carbonyl (C=O) groups excluding carboxylic acids is 3. The Labute approximate surface area is 105 Å². The zero-order valence-corrected chi connectivity index (χ0v) is 10.3. The molecule has 0 aromatic heterocycles. The summed E-state index contributed by atoms with van der Waals surface area (Å²) in [4.78, 5) is 34.7. The number of rotatable bonds is 5. The number of hydrogen-bond acceptors (Lipinski definition) is 4. The molecular formula is C13H15NO4. The van der Waals surface area contributed by atoms with Gasteiger partial charge in [-0.1, -0.05) is 18.2 Å². The highest BCUT2D eigenvalue weighted by molar-refractivity contribution is 6.19. The molecule has 0 fully saturated rings. The topological polar surface area (TPSA) is 72.5 Å². The van der Waals surface area contributed by atoms with Gasteiger partial charge in [-0.3, -0.25) is 14.4 Å². The number of ether oxygens (including phenoxy) is 1. The fraction of sp³-hybridized carbons (Fsp3) is 0.308. The molecule has 1 aromatic carbocycles. The maximum atomic E-state index is 11.8. The van der Waals surface area contributed by atoms with Gasteiger partial charge in [0, 0.05) is 5.69 Å². The minimum Gasteiger partial charge on any atom is -0.465 e. The molecule has 0 aliphatic heterocycles. The van der Waals surface area contributed by atoms with Crippen molar-refractivity contribution < 1.29 is 19.1 Å². The SMILES string of the molecule is CCOC(=O)C(C(C)=O)C(=O)Nc1ccccc1. The van der Waals surface area contributed by atoms with Gasteiger partial charge in [0.15, 0.2) is 11.7 Å². The summed E-state index contributed by atoms with van der Waals surface area (Å²) in [5, 5.41) is 2.50. The molecule has 0 spiro atoms. The number of benzene rings is 1. The van der Waals surface area contributed by atoms with Gasteiger partial charge in [0.25, 0.3) is 0 Å². The van der Waals surface area contributed by atoms with E-state index in [0.717, 1.165) is 0 Å². The largest absolute Gasteiger partial charge is 0.465 e. The molecule has 0 radical (unpaired) electrons. The molecule has 1 amide bonds. The molecule has 0 saturated carbocycles. The van der Waals surface area contributed by atoms with E-state index in [1.165, 1.54) is 6.92 Å². The summed E-state index contributed by atoms with van der Waals surface area (Å²) in [6.45, 7) is 2.93. The molecular weight excluding hydrogens is 234 g/mol. The molecule has 1 atom stereocenters. The van der Waals surface area contributed by atoms with Crippen molar-refractivity contribution in [3.63, 3.8) is 0 Å². The van der Waals surface area contributed by atoms with Gasteiger partial charge in [0.1, 0.15) is 0 Å². The van der Waals surface area contributed by atoms with Crippen molar-refractivity contribution in [2.24, 2.45) is 5.92 Å². The highest BCUT2D eigenvalue weighted by Crippen LogP contribution is 2.10. The molecule has 1 aromatic rings. The van der Waals surface area contributed by atoms with E-state index >= 15 is 0 Å². The van der Waals surface area contributed by atoms with Crippen LogP contribution in [0, 0.1) is 5.92 Å². The smallest absolute Gasteiger partial charge is 0.326 e. The summed E-state index contributed by atoms with van der Waals surface area (Å²) < 4.78 is 4.70. The lowest BCUT2D eigenvalue weighted by atomic mass is 10.0. The number of anilines is 1. The number of Topliss-reactive ketones (excluding diaryl/α,β-unsaturated/α-hetero) is 1. The number of para-hydroxylation sites is 1. The van der Waals surface area contributed by atoms with Gasteiger partial charge in [0.05, 0.1) is 6.61 Å². The van der Waals surface area contributed by atoms with Crippen molar-refractivity contribution in [1.29, 1.82) is 0 Å². The Hall–Kier alpha value is -2.17. The fourth-order valence-electron chi connectivity index (χ4n) is 1.42. The van der Waals surface area contributed by atoms with Crippen LogP contribution in [0.5, 0.6) is 0 Å². The summed E-state index contributed by atoms with van der Waals surface area (Å²) in [7, 11) is 0. The third kappa shape index (κ3) is 3.69. The molecule has 1 unspecified atom stereocenters. The Balaban J connectivity index is 2.78. The molecule has 0 heterocycles. The molecule has 0 bridgehead atoms. The summed E-state index contributed by atoms with van der Waals surface area (Å²) >= 11 is 0. The normalized spacial score (nSPS) is 11.4. The molecule has 5 heteroatoms. The van der Waals surface area contributed by atoms with Crippen LogP contribution >= 0.6 is 0 Å². The lowest BCUT2D eigenvalue weighted by Gasteiger charge is -2.12. The van der Waals surface area contributed by atoms with Crippen molar-refractivity contribution in [3.8, 4) is 0 Å². The standard InChI is InChI=1S/C13H15NO4/c1-3-18-13(17)11(9(2)15)12(16)14-10-7-5-4-6-8-10/h4-8,11H,3H2,1-2H3,(H,14,16). The second kappa shape index (κ2) is 6.54. The Morgan fingerprint density at radius 2 is 1.83 bits per heavy atom. The van der Waals surface area contributed by atoms with Gasteiger partial charge >= 0.3 is 5.97 Å². The van der Waals surface area contributed by atoms with Crippen molar-refractivity contribution in [2.45, 2.75) is 13.8 Å². The number of ketones is 1. The average Bonchev–Trinajstić information content (AvgIpc) is 2.30. The van der Waals surface area contributed by atoms with Crippen molar-refractivity contribution in [2.75, 3.05) is 11.9 Å². The van der Waals surface area contributed by atoms with E-state index in [4.69, 9.17) is 4.74 Å². The Morgan fingerprint density at radius 3 is 2.33 bits per heavy atom. The third-order valence-corrected chi connectivity index (χ3v) is 2.23. The van der Waals surface area contributed by atoms with E-state index in [1.807, 2.05) is 0 Å². The van der Waals surface area contributed by atoms with Crippen molar-refractivity contribution in [3.05, 3.63) is 30.3 Å². The van der Waals surface area contributed by atoms with Crippen LogP contribution in [0.15, 0.2) is 30.3 Å². The summed E-state index contributed by atoms with van der Waals surface area (Å²) in [5.74, 6) is -3.45. The molecule has 0 aliphatic carbocycles. The van der Waals surface area contributed by atoms with Gasteiger partial charge in [-0.2, -0.15) is 0 Å². The van der Waals surface area contributed by atoms with Gasteiger partial charge in [-0.25, -0.2) is 0 Å². The third-order valence-electron chi connectivity index (χ3n) is 2.23. The van der Waals surface area contributed by atoms with Crippen LogP contribution in [0.4, 0.5) is 5.69 Å². The quantitative estimate of drug-likeness (QED) is 0.632. The number of hydrogen-bond donors (Lipinski definition) is 1. The second-order valence-electron chi connectivity index (χ2n) is 3.65. The molecule has 18 heavy (non-hydrogen) atoms. The molecule has 1 N–H and O–H groups in total. The first-order chi connectivity index (χ1) is 8.56. The molecule has 0 saturated heterocycles. The van der Waals surface area contributed by atoms with E-state index in [1.54, 1.807) is 37.3 Å². The number of amides is 1. The maximum absolute atomic E-state index is 11.8. The van der Waals surface area contributed by atoms with Crippen LogP contribution in [0.25, 0.3) is 0 Å². The van der Waals surface area contributed by atoms with Gasteiger partial charge in [-0.05, 0) is 26.0 Å². The molecule has 1 rings (SSSR count). The number of nitrogens with one attached hydrogen (secondary N) is 1. The van der Waals surface area contributed by atoms with E-state index in [2.05, 4.69) is 5.32 Å². The Bertz CT molecular complexity index is 442. The zero-order valence-electron chi connectivity index (χ0n) is 10.3.